The summed E-state index contributed by atoms with van der Waals surface area (Å²) in [5.41, 5.74) is 1.54. The van der Waals surface area contributed by atoms with Gasteiger partial charge in [0.05, 0.1) is 5.69 Å². The van der Waals surface area contributed by atoms with E-state index in [1.807, 2.05) is 29.2 Å². The van der Waals surface area contributed by atoms with E-state index in [2.05, 4.69) is 15.4 Å². The highest BCUT2D eigenvalue weighted by molar-refractivity contribution is 5.94. The zero-order valence-corrected chi connectivity index (χ0v) is 11.2. The minimum absolute atomic E-state index is 0.0793. The van der Waals surface area contributed by atoms with Gasteiger partial charge in [-0.25, -0.2) is 9.67 Å². The van der Waals surface area contributed by atoms with E-state index in [0.717, 1.165) is 38.3 Å². The first-order valence-electron chi connectivity index (χ1n) is 6.80. The number of carbonyl (C=O) groups is 1. The number of aromatic nitrogens is 3. The van der Waals surface area contributed by atoms with Crippen LogP contribution in [0.3, 0.4) is 0 Å². The average molecular weight is 271 g/mol. The zero-order chi connectivity index (χ0) is 13.8. The van der Waals surface area contributed by atoms with E-state index in [4.69, 9.17) is 0 Å². The van der Waals surface area contributed by atoms with Gasteiger partial charge in [-0.2, -0.15) is 5.10 Å². The minimum Gasteiger partial charge on any atom is -0.337 e. The fourth-order valence-corrected chi connectivity index (χ4v) is 2.35. The van der Waals surface area contributed by atoms with Crippen LogP contribution >= 0.6 is 0 Å². The van der Waals surface area contributed by atoms with E-state index in [1.165, 1.54) is 6.33 Å². The molecule has 0 unspecified atom stereocenters. The maximum atomic E-state index is 12.5. The lowest BCUT2D eigenvalue weighted by molar-refractivity contribution is 0.0766. The molecule has 1 amide bonds. The van der Waals surface area contributed by atoms with Crippen molar-refractivity contribution in [2.45, 2.75) is 6.42 Å². The number of amides is 1. The fraction of sp³-hybridized carbons (Fsp3) is 0.357. The number of carbonyl (C=O) groups excluding carboxylic acids is 1. The molecule has 1 N–H and O–H groups in total. The van der Waals surface area contributed by atoms with Gasteiger partial charge in [0, 0.05) is 25.2 Å². The van der Waals surface area contributed by atoms with Crippen LogP contribution in [0.15, 0.2) is 36.9 Å². The molecule has 6 heteroatoms. The molecular weight excluding hydrogens is 254 g/mol. The van der Waals surface area contributed by atoms with Crippen LogP contribution in [0.25, 0.3) is 5.69 Å². The second kappa shape index (κ2) is 5.83. The summed E-state index contributed by atoms with van der Waals surface area (Å²) in [5.74, 6) is 0.0793. The third-order valence-corrected chi connectivity index (χ3v) is 3.40. The Morgan fingerprint density at radius 2 is 2.20 bits per heavy atom. The van der Waals surface area contributed by atoms with Crippen molar-refractivity contribution in [3.63, 3.8) is 0 Å². The predicted molar refractivity (Wildman–Crippen MR) is 74.7 cm³/mol. The SMILES string of the molecule is O=C(c1cccc(-n2cncn2)c1)N1CCCNCC1. The van der Waals surface area contributed by atoms with Gasteiger partial charge in [0.1, 0.15) is 12.7 Å². The summed E-state index contributed by atoms with van der Waals surface area (Å²) in [4.78, 5) is 18.4. The molecule has 1 aromatic heterocycles. The molecule has 1 fully saturated rings. The molecule has 0 aliphatic carbocycles. The number of benzene rings is 1. The summed E-state index contributed by atoms with van der Waals surface area (Å²) in [6.45, 7) is 3.39. The van der Waals surface area contributed by atoms with Gasteiger partial charge < -0.3 is 10.2 Å². The van der Waals surface area contributed by atoms with Crippen LogP contribution in [0.5, 0.6) is 0 Å². The van der Waals surface area contributed by atoms with Crippen molar-refractivity contribution in [1.82, 2.24) is 25.0 Å². The van der Waals surface area contributed by atoms with E-state index in [-0.39, 0.29) is 5.91 Å². The van der Waals surface area contributed by atoms with Crippen LogP contribution in [0, 0.1) is 0 Å². The second-order valence-electron chi connectivity index (χ2n) is 4.79. The van der Waals surface area contributed by atoms with Gasteiger partial charge in [-0.3, -0.25) is 4.79 Å². The lowest BCUT2D eigenvalue weighted by atomic mass is 10.1. The molecule has 2 heterocycles. The number of nitrogens with zero attached hydrogens (tertiary/aromatic N) is 4. The van der Waals surface area contributed by atoms with Crippen LogP contribution in [0.4, 0.5) is 0 Å². The molecule has 20 heavy (non-hydrogen) atoms. The van der Waals surface area contributed by atoms with E-state index in [9.17, 15) is 4.79 Å². The monoisotopic (exact) mass is 271 g/mol. The smallest absolute Gasteiger partial charge is 0.253 e. The van der Waals surface area contributed by atoms with Crippen molar-refractivity contribution in [3.05, 3.63) is 42.5 Å². The maximum absolute atomic E-state index is 12.5. The number of hydrogen-bond donors (Lipinski definition) is 1. The summed E-state index contributed by atoms with van der Waals surface area (Å²) in [5, 5.41) is 7.39. The lowest BCUT2D eigenvalue weighted by Crippen LogP contribution is -2.34. The molecule has 6 nitrogen and oxygen atoms in total. The molecule has 0 bridgehead atoms. The van der Waals surface area contributed by atoms with Gasteiger partial charge in [-0.05, 0) is 31.2 Å². The zero-order valence-electron chi connectivity index (χ0n) is 11.2. The van der Waals surface area contributed by atoms with Crippen molar-refractivity contribution < 1.29 is 4.79 Å². The van der Waals surface area contributed by atoms with Crippen molar-refractivity contribution in [2.24, 2.45) is 0 Å². The molecule has 1 saturated heterocycles. The van der Waals surface area contributed by atoms with Gasteiger partial charge in [0.15, 0.2) is 0 Å². The minimum atomic E-state index is 0.0793. The molecule has 1 aromatic carbocycles. The molecule has 104 valence electrons. The summed E-state index contributed by atoms with van der Waals surface area (Å²) >= 11 is 0. The van der Waals surface area contributed by atoms with Crippen LogP contribution in [0.2, 0.25) is 0 Å². The Balaban J connectivity index is 1.82. The lowest BCUT2D eigenvalue weighted by Gasteiger charge is -2.20. The second-order valence-corrected chi connectivity index (χ2v) is 4.79. The van der Waals surface area contributed by atoms with Gasteiger partial charge >= 0.3 is 0 Å². The first-order valence-corrected chi connectivity index (χ1v) is 6.80. The molecule has 2 aromatic rings. The Kier molecular flexibility index (Phi) is 3.73. The highest BCUT2D eigenvalue weighted by atomic mass is 16.2. The highest BCUT2D eigenvalue weighted by Gasteiger charge is 2.17. The largest absolute Gasteiger partial charge is 0.337 e. The summed E-state index contributed by atoms with van der Waals surface area (Å²) < 4.78 is 1.65. The highest BCUT2D eigenvalue weighted by Crippen LogP contribution is 2.12. The Bertz CT molecular complexity index is 573. The number of rotatable bonds is 2. The maximum Gasteiger partial charge on any atom is 0.253 e. The summed E-state index contributed by atoms with van der Waals surface area (Å²) in [6.07, 6.45) is 4.10. The van der Waals surface area contributed by atoms with E-state index in [1.54, 1.807) is 11.0 Å². The van der Waals surface area contributed by atoms with Crippen LogP contribution < -0.4 is 5.32 Å². The first kappa shape index (κ1) is 12.8. The summed E-state index contributed by atoms with van der Waals surface area (Å²) in [6, 6.07) is 7.49. The molecule has 0 spiro atoms. The predicted octanol–water partition coefficient (Wildman–Crippen LogP) is 0.703. The molecule has 0 saturated carbocycles. The number of hydrogen-bond acceptors (Lipinski definition) is 4. The van der Waals surface area contributed by atoms with E-state index in [0.29, 0.717) is 5.56 Å². The van der Waals surface area contributed by atoms with Crippen LogP contribution in [0.1, 0.15) is 16.8 Å². The van der Waals surface area contributed by atoms with Gasteiger partial charge in [0.25, 0.3) is 5.91 Å². The van der Waals surface area contributed by atoms with E-state index >= 15 is 0 Å². The normalized spacial score (nSPS) is 15.9. The Morgan fingerprint density at radius 3 is 3.05 bits per heavy atom. The molecule has 0 radical (unpaired) electrons. The van der Waals surface area contributed by atoms with E-state index < -0.39 is 0 Å². The molecule has 3 rings (SSSR count). The number of nitrogens with one attached hydrogen (secondary N) is 1. The van der Waals surface area contributed by atoms with Crippen LogP contribution in [-0.2, 0) is 0 Å². The fourth-order valence-electron chi connectivity index (χ4n) is 2.35. The topological polar surface area (TPSA) is 63.1 Å². The average Bonchev–Trinajstić information content (AvgIpc) is 2.89. The van der Waals surface area contributed by atoms with Crippen molar-refractivity contribution >= 4 is 5.91 Å². The first-order chi connectivity index (χ1) is 9.84. The molecule has 0 atom stereocenters. The quantitative estimate of drug-likeness (QED) is 0.873. The van der Waals surface area contributed by atoms with Gasteiger partial charge in [0.2, 0.25) is 0 Å². The van der Waals surface area contributed by atoms with Gasteiger partial charge in [-0.1, -0.05) is 6.07 Å². The summed E-state index contributed by atoms with van der Waals surface area (Å²) in [7, 11) is 0. The molecule has 1 aliphatic rings. The van der Waals surface area contributed by atoms with Gasteiger partial charge in [-0.15, -0.1) is 0 Å². The van der Waals surface area contributed by atoms with Crippen LogP contribution in [-0.4, -0.2) is 51.8 Å². The van der Waals surface area contributed by atoms with Crippen molar-refractivity contribution in [2.75, 3.05) is 26.2 Å². The molecular formula is C14H17N5O. The molecule has 1 aliphatic heterocycles. The third-order valence-electron chi connectivity index (χ3n) is 3.40. The standard InChI is InChI=1S/C14H17N5O/c20-14(18-7-2-5-15-6-8-18)12-3-1-4-13(9-12)19-11-16-10-17-19/h1,3-4,9-11,15H,2,5-8H2. The van der Waals surface area contributed by atoms with Crippen molar-refractivity contribution in [3.8, 4) is 5.69 Å². The Labute approximate surface area is 117 Å². The Morgan fingerprint density at radius 1 is 1.25 bits per heavy atom. The Hall–Kier alpha value is -2.21. The third kappa shape index (κ3) is 2.70. The van der Waals surface area contributed by atoms with Crippen molar-refractivity contribution in [1.29, 1.82) is 0 Å².